The van der Waals surface area contributed by atoms with E-state index in [0.29, 0.717) is 11.5 Å². The van der Waals surface area contributed by atoms with Crippen LogP contribution in [-0.4, -0.2) is 62.3 Å². The van der Waals surface area contributed by atoms with Crippen molar-refractivity contribution in [1.82, 2.24) is 10.2 Å². The maximum atomic E-state index is 12.8. The predicted molar refractivity (Wildman–Crippen MR) is 122 cm³/mol. The van der Waals surface area contributed by atoms with E-state index in [9.17, 15) is 14.4 Å². The lowest BCUT2D eigenvalue weighted by atomic mass is 10.0. The molecule has 3 rings (SSSR count). The van der Waals surface area contributed by atoms with Crippen molar-refractivity contribution in [3.63, 3.8) is 0 Å². The van der Waals surface area contributed by atoms with Gasteiger partial charge in [0.15, 0.2) is 0 Å². The smallest absolute Gasteiger partial charge is 0.355 e. The molecule has 0 bridgehead atoms. The first-order valence-corrected chi connectivity index (χ1v) is 12.5. The van der Waals surface area contributed by atoms with Gasteiger partial charge in [-0.25, -0.2) is 4.79 Å². The fraction of sp³-hybridized carbons (Fsp3) is 0.421. The summed E-state index contributed by atoms with van der Waals surface area (Å²) in [7, 11) is 0. The second-order valence-electron chi connectivity index (χ2n) is 6.69. The number of nitrogens with one attached hydrogen (secondary N) is 1. The summed E-state index contributed by atoms with van der Waals surface area (Å²) in [6, 6.07) is 8.57. The molecule has 1 fully saturated rings. The van der Waals surface area contributed by atoms with Gasteiger partial charge < -0.3 is 10.1 Å². The monoisotopic (exact) mass is 508 g/mol. The van der Waals surface area contributed by atoms with E-state index in [2.05, 4.69) is 5.32 Å². The Morgan fingerprint density at radius 1 is 1.30 bits per heavy atom. The van der Waals surface area contributed by atoms with E-state index in [1.807, 2.05) is 36.6 Å². The number of alkyl halides is 3. The summed E-state index contributed by atoms with van der Waals surface area (Å²) in [4.78, 5) is 39.3. The average Bonchev–Trinajstić information content (AvgIpc) is 2.70. The molecule has 1 saturated heterocycles. The van der Waals surface area contributed by atoms with Gasteiger partial charge in [0.2, 0.25) is 9.70 Å². The van der Waals surface area contributed by atoms with Gasteiger partial charge in [0, 0.05) is 11.5 Å². The molecule has 2 amide bonds. The summed E-state index contributed by atoms with van der Waals surface area (Å²) in [6.45, 7) is -0.427. The molecule has 0 unspecified atom stereocenters. The minimum atomic E-state index is -1.74. The first-order valence-electron chi connectivity index (χ1n) is 8.94. The number of amides is 2. The Bertz CT molecular complexity index is 861. The quantitative estimate of drug-likeness (QED) is 0.346. The summed E-state index contributed by atoms with van der Waals surface area (Å²) in [5.74, 6) is -0.212. The van der Waals surface area contributed by atoms with Gasteiger partial charge in [-0.2, -0.15) is 11.8 Å². The van der Waals surface area contributed by atoms with Crippen molar-refractivity contribution in [3.05, 3.63) is 47.2 Å². The second-order valence-corrected chi connectivity index (χ2v) is 11.2. The van der Waals surface area contributed by atoms with E-state index in [4.69, 9.17) is 39.5 Å². The summed E-state index contributed by atoms with van der Waals surface area (Å²) < 4.78 is 3.38. The van der Waals surface area contributed by atoms with Crippen LogP contribution < -0.4 is 5.32 Å². The third kappa shape index (κ3) is 5.59. The van der Waals surface area contributed by atoms with Crippen LogP contribution in [0.25, 0.3) is 0 Å². The molecule has 0 spiro atoms. The molecule has 0 aromatic heterocycles. The molecule has 0 saturated carbocycles. The van der Waals surface area contributed by atoms with Gasteiger partial charge in [-0.3, -0.25) is 14.5 Å². The van der Waals surface area contributed by atoms with Crippen LogP contribution in [0, 0.1) is 0 Å². The SMILES string of the molecule is CSCC1=C(C(=O)OCC(Cl)(Cl)Cl)N2C(=O)[C@@H](NC(=O)Cc3ccccc3)[C@H]2SC1. The van der Waals surface area contributed by atoms with Crippen LogP contribution in [-0.2, 0) is 25.5 Å². The number of rotatable bonds is 7. The van der Waals surface area contributed by atoms with Crippen LogP contribution in [0.3, 0.4) is 0 Å². The highest BCUT2D eigenvalue weighted by Crippen LogP contribution is 2.41. The summed E-state index contributed by atoms with van der Waals surface area (Å²) in [5.41, 5.74) is 1.81. The molecule has 2 aliphatic rings. The molecule has 2 aliphatic heterocycles. The van der Waals surface area contributed by atoms with Crippen LogP contribution >= 0.6 is 58.3 Å². The number of esters is 1. The van der Waals surface area contributed by atoms with Gasteiger partial charge in [0.05, 0.1) is 6.42 Å². The number of thioether (sulfide) groups is 2. The molecule has 11 heteroatoms. The Morgan fingerprint density at radius 2 is 2.00 bits per heavy atom. The lowest BCUT2D eigenvalue weighted by Gasteiger charge is -2.49. The zero-order chi connectivity index (χ0) is 21.9. The Kier molecular flexibility index (Phi) is 7.90. The van der Waals surface area contributed by atoms with Gasteiger partial charge in [0.1, 0.15) is 23.7 Å². The Morgan fingerprint density at radius 3 is 2.63 bits per heavy atom. The summed E-state index contributed by atoms with van der Waals surface area (Å²) in [6.07, 6.45) is 2.08. The van der Waals surface area contributed by atoms with E-state index in [-0.39, 0.29) is 29.3 Å². The predicted octanol–water partition coefficient (Wildman–Crippen LogP) is 3.16. The number of ether oxygens (including phenoxy) is 1. The van der Waals surface area contributed by atoms with Crippen LogP contribution in [0.1, 0.15) is 5.56 Å². The van der Waals surface area contributed by atoms with Crippen LogP contribution in [0.5, 0.6) is 0 Å². The van der Waals surface area contributed by atoms with E-state index < -0.39 is 22.4 Å². The molecule has 162 valence electrons. The zero-order valence-electron chi connectivity index (χ0n) is 15.9. The summed E-state index contributed by atoms with van der Waals surface area (Å²) >= 11 is 20.0. The van der Waals surface area contributed by atoms with E-state index >= 15 is 0 Å². The second kappa shape index (κ2) is 10.0. The van der Waals surface area contributed by atoms with Crippen molar-refractivity contribution >= 4 is 76.1 Å². The van der Waals surface area contributed by atoms with Crippen LogP contribution in [0.2, 0.25) is 0 Å². The molecule has 0 aliphatic carbocycles. The van der Waals surface area contributed by atoms with E-state index in [0.717, 1.165) is 11.1 Å². The first-order chi connectivity index (χ1) is 14.2. The van der Waals surface area contributed by atoms with Crippen molar-refractivity contribution in [3.8, 4) is 0 Å². The molecular formula is C19H19Cl3N2O4S2. The molecule has 6 nitrogen and oxygen atoms in total. The minimum absolute atomic E-state index is 0.174. The molecule has 1 aromatic carbocycles. The average molecular weight is 510 g/mol. The van der Waals surface area contributed by atoms with Crippen molar-refractivity contribution < 1.29 is 19.1 Å². The van der Waals surface area contributed by atoms with Crippen molar-refractivity contribution in [1.29, 1.82) is 0 Å². The van der Waals surface area contributed by atoms with E-state index in [1.54, 1.807) is 0 Å². The Balaban J connectivity index is 1.70. The fourth-order valence-corrected chi connectivity index (χ4v) is 5.40. The van der Waals surface area contributed by atoms with Gasteiger partial charge in [-0.1, -0.05) is 65.1 Å². The maximum Gasteiger partial charge on any atom is 0.355 e. The molecule has 2 atom stereocenters. The molecule has 1 N–H and O–H groups in total. The normalized spacial score (nSPS) is 21.1. The number of hydrogen-bond donors (Lipinski definition) is 1. The van der Waals surface area contributed by atoms with Gasteiger partial charge in [-0.15, -0.1) is 11.8 Å². The molecule has 0 radical (unpaired) electrons. The van der Waals surface area contributed by atoms with Gasteiger partial charge >= 0.3 is 5.97 Å². The van der Waals surface area contributed by atoms with Crippen LogP contribution in [0.15, 0.2) is 41.6 Å². The third-order valence-electron chi connectivity index (χ3n) is 4.45. The lowest BCUT2D eigenvalue weighted by Crippen LogP contribution is -2.70. The number of carbonyl (C=O) groups is 3. The molecular weight excluding hydrogens is 491 g/mol. The molecule has 30 heavy (non-hydrogen) atoms. The fourth-order valence-electron chi connectivity index (χ4n) is 3.18. The standard InChI is InChI=1S/C19H19Cl3N2O4S2/c1-29-8-12-9-30-17-14(23-13(25)7-11-5-3-2-4-6-11)16(26)24(17)15(12)18(27)28-10-19(20,21)22/h2-6,14,17H,7-10H2,1H3,(H,23,25)/t14-,17-/m1/s1. The lowest BCUT2D eigenvalue weighted by molar-refractivity contribution is -0.152. The number of carbonyl (C=O) groups excluding carboxylic acids is 3. The number of hydrogen-bond acceptors (Lipinski definition) is 6. The minimum Gasteiger partial charge on any atom is -0.456 e. The van der Waals surface area contributed by atoms with Crippen LogP contribution in [0.4, 0.5) is 0 Å². The topological polar surface area (TPSA) is 75.7 Å². The van der Waals surface area contributed by atoms with Crippen molar-refractivity contribution in [2.24, 2.45) is 0 Å². The Labute approximate surface area is 198 Å². The van der Waals surface area contributed by atoms with E-state index in [1.165, 1.54) is 28.4 Å². The third-order valence-corrected chi connectivity index (χ3v) is 6.75. The van der Waals surface area contributed by atoms with Crippen molar-refractivity contribution in [2.45, 2.75) is 21.6 Å². The largest absolute Gasteiger partial charge is 0.456 e. The molecule has 1 aromatic rings. The highest BCUT2D eigenvalue weighted by molar-refractivity contribution is 8.00. The number of benzene rings is 1. The molecule has 2 heterocycles. The number of β-lactam (4-membered cyclic amide) rings is 1. The summed E-state index contributed by atoms with van der Waals surface area (Å²) in [5, 5.41) is 2.41. The Hall–Kier alpha value is -1.06. The first kappa shape index (κ1) is 23.6. The van der Waals surface area contributed by atoms with Gasteiger partial charge in [0.25, 0.3) is 5.91 Å². The number of fused-ring (bicyclic) bond motifs is 1. The van der Waals surface area contributed by atoms with Crippen molar-refractivity contribution in [2.75, 3.05) is 24.4 Å². The maximum absolute atomic E-state index is 12.8. The number of nitrogens with zero attached hydrogens (tertiary/aromatic N) is 1. The number of halogens is 3. The van der Waals surface area contributed by atoms with Gasteiger partial charge in [-0.05, 0) is 17.4 Å². The highest BCUT2D eigenvalue weighted by Gasteiger charge is 2.54. The zero-order valence-corrected chi connectivity index (χ0v) is 19.8. The highest BCUT2D eigenvalue weighted by atomic mass is 35.6.